The Balaban J connectivity index is 1.58. The van der Waals surface area contributed by atoms with Crippen LogP contribution in [0.25, 0.3) is 0 Å². The van der Waals surface area contributed by atoms with Crippen LogP contribution >= 0.6 is 23.4 Å². The van der Waals surface area contributed by atoms with Gasteiger partial charge in [-0.05, 0) is 25.8 Å². The Morgan fingerprint density at radius 3 is 2.97 bits per heavy atom. The maximum absolute atomic E-state index is 15.1. The largest absolute Gasteiger partial charge is 0.442 e. The standard InChI is InChI=1S/C22H27ClFN3O4S2/c1-3-20(23)32-15(2)21(28)25-13-17-14-27(22(29)31-17)16-6-4-7-19(18(24)12-16)26-8-5-10-33(30)11-9-26/h3,6-7,12,17H,2,4-5,8-11,13-14H2,1H3,(H,25,28)/b20-3-/t17-,33?/m0/s1. The lowest BCUT2D eigenvalue weighted by Crippen LogP contribution is -2.34. The number of hydrogen-bond acceptors (Lipinski definition) is 6. The number of rotatable bonds is 7. The van der Waals surface area contributed by atoms with E-state index in [9.17, 15) is 13.8 Å². The van der Waals surface area contributed by atoms with Crippen molar-refractivity contribution in [1.29, 1.82) is 0 Å². The lowest BCUT2D eigenvalue weighted by Gasteiger charge is -2.24. The summed E-state index contributed by atoms with van der Waals surface area (Å²) in [5.74, 6) is 0.305. The van der Waals surface area contributed by atoms with Crippen molar-refractivity contribution in [3.05, 3.63) is 57.4 Å². The molecule has 2 atom stereocenters. The smallest absolute Gasteiger partial charge is 0.414 e. The molecule has 2 heterocycles. The van der Waals surface area contributed by atoms with Crippen molar-refractivity contribution in [2.45, 2.75) is 25.9 Å². The SMILES string of the molecule is C=C(S/C(Cl)=C\C)C(=O)NC[C@H]1CN(C2=CCC=C(N3CCCS(=O)CC3)C(F)=C2)C(=O)O1. The average Bonchev–Trinajstić information content (AvgIpc) is 2.91. The zero-order valence-electron chi connectivity index (χ0n) is 18.4. The molecule has 2 fully saturated rings. The lowest BCUT2D eigenvalue weighted by molar-refractivity contribution is -0.117. The molecule has 7 nitrogen and oxygen atoms in total. The normalized spacial score (nSPS) is 24.3. The van der Waals surface area contributed by atoms with Crippen molar-refractivity contribution in [1.82, 2.24) is 15.1 Å². The minimum atomic E-state index is -0.868. The zero-order valence-corrected chi connectivity index (χ0v) is 20.7. The molecule has 2 aliphatic heterocycles. The van der Waals surface area contributed by atoms with Crippen molar-refractivity contribution in [3.8, 4) is 0 Å². The number of amides is 2. The first kappa shape index (κ1) is 25.6. The summed E-state index contributed by atoms with van der Waals surface area (Å²) in [5.41, 5.74) is 0.878. The highest BCUT2D eigenvalue weighted by Gasteiger charge is 2.34. The van der Waals surface area contributed by atoms with E-state index in [1.54, 1.807) is 25.2 Å². The van der Waals surface area contributed by atoms with Gasteiger partial charge in [-0.3, -0.25) is 13.9 Å². The quantitative estimate of drug-likeness (QED) is 0.520. The highest BCUT2D eigenvalue weighted by Crippen LogP contribution is 2.29. The maximum Gasteiger partial charge on any atom is 0.414 e. The minimum absolute atomic E-state index is 0.0992. The molecule has 180 valence electrons. The Labute approximate surface area is 204 Å². The van der Waals surface area contributed by atoms with E-state index in [1.807, 2.05) is 4.90 Å². The molecule has 1 unspecified atom stereocenters. The van der Waals surface area contributed by atoms with Crippen molar-refractivity contribution in [3.63, 3.8) is 0 Å². The summed E-state index contributed by atoms with van der Waals surface area (Å²) in [6.07, 6.45) is 6.56. The number of halogens is 2. The molecule has 1 aliphatic carbocycles. The van der Waals surface area contributed by atoms with Gasteiger partial charge in [0.25, 0.3) is 5.91 Å². The van der Waals surface area contributed by atoms with Crippen LogP contribution in [-0.2, 0) is 20.3 Å². The molecule has 0 bridgehead atoms. The molecule has 33 heavy (non-hydrogen) atoms. The van der Waals surface area contributed by atoms with Crippen molar-refractivity contribution >= 4 is 46.2 Å². The second-order valence-electron chi connectivity index (χ2n) is 7.58. The number of cyclic esters (lactones) is 1. The monoisotopic (exact) mass is 515 g/mol. The Morgan fingerprint density at radius 1 is 1.42 bits per heavy atom. The molecule has 0 spiro atoms. The summed E-state index contributed by atoms with van der Waals surface area (Å²) >= 11 is 6.95. The number of allylic oxidation sites excluding steroid dienone is 5. The third-order valence-electron chi connectivity index (χ3n) is 5.26. The van der Waals surface area contributed by atoms with E-state index in [2.05, 4.69) is 11.9 Å². The van der Waals surface area contributed by atoms with Crippen LogP contribution in [0.4, 0.5) is 9.18 Å². The lowest BCUT2D eigenvalue weighted by atomic mass is 10.2. The van der Waals surface area contributed by atoms with Gasteiger partial charge in [-0.25, -0.2) is 9.18 Å². The van der Waals surface area contributed by atoms with Gasteiger partial charge in [0, 0.05) is 41.1 Å². The van der Waals surface area contributed by atoms with Gasteiger partial charge in [-0.15, -0.1) is 0 Å². The van der Waals surface area contributed by atoms with Crippen LogP contribution in [0, 0.1) is 0 Å². The fourth-order valence-corrected chi connectivity index (χ4v) is 5.45. The maximum atomic E-state index is 15.1. The predicted molar refractivity (Wildman–Crippen MR) is 130 cm³/mol. The number of thioether (sulfide) groups is 1. The van der Waals surface area contributed by atoms with Gasteiger partial charge >= 0.3 is 6.09 Å². The van der Waals surface area contributed by atoms with Crippen LogP contribution in [0.5, 0.6) is 0 Å². The van der Waals surface area contributed by atoms with E-state index >= 15 is 4.39 Å². The van der Waals surface area contributed by atoms with Crippen molar-refractivity contribution in [2.75, 3.05) is 37.7 Å². The molecule has 0 aromatic carbocycles. The molecule has 2 amide bonds. The van der Waals surface area contributed by atoms with Gasteiger partial charge in [0.2, 0.25) is 0 Å². The average molecular weight is 516 g/mol. The summed E-state index contributed by atoms with van der Waals surface area (Å²) in [6, 6.07) is 0. The molecule has 11 heteroatoms. The highest BCUT2D eigenvalue weighted by atomic mass is 35.5. The second-order valence-corrected chi connectivity index (χ2v) is 11.0. The number of nitrogens with one attached hydrogen (secondary N) is 1. The van der Waals surface area contributed by atoms with Gasteiger partial charge in [0.05, 0.1) is 28.1 Å². The third-order valence-corrected chi connectivity index (χ3v) is 7.96. The summed E-state index contributed by atoms with van der Waals surface area (Å²) in [7, 11) is -0.868. The third kappa shape index (κ3) is 6.97. The van der Waals surface area contributed by atoms with Crippen LogP contribution in [0.1, 0.15) is 19.8 Å². The minimum Gasteiger partial charge on any atom is -0.442 e. The van der Waals surface area contributed by atoms with Crippen molar-refractivity contribution < 1.29 is 22.9 Å². The van der Waals surface area contributed by atoms with Gasteiger partial charge < -0.3 is 15.0 Å². The number of nitrogens with zero attached hydrogens (tertiary/aromatic N) is 2. The van der Waals surface area contributed by atoms with Crippen LogP contribution in [0.2, 0.25) is 0 Å². The van der Waals surface area contributed by atoms with Crippen molar-refractivity contribution in [2.24, 2.45) is 0 Å². The van der Waals surface area contributed by atoms with Gasteiger partial charge in [-0.1, -0.05) is 48.2 Å². The van der Waals surface area contributed by atoms with E-state index in [0.717, 1.165) is 18.2 Å². The predicted octanol–water partition coefficient (Wildman–Crippen LogP) is 3.75. The molecule has 3 aliphatic rings. The second kappa shape index (κ2) is 11.9. The van der Waals surface area contributed by atoms with Gasteiger partial charge in [0.1, 0.15) is 11.9 Å². The van der Waals surface area contributed by atoms with Crippen LogP contribution in [0.15, 0.2) is 57.4 Å². The number of ether oxygens (including phenoxy) is 1. The number of hydrogen-bond donors (Lipinski definition) is 1. The van der Waals surface area contributed by atoms with E-state index in [0.29, 0.717) is 46.8 Å². The molecule has 1 N–H and O–H groups in total. The fourth-order valence-electron chi connectivity index (χ4n) is 3.57. The Hall–Kier alpha value is -2.04. The van der Waals surface area contributed by atoms with Gasteiger partial charge in [0.15, 0.2) is 0 Å². The molecule has 0 radical (unpaired) electrons. The summed E-state index contributed by atoms with van der Waals surface area (Å²) < 4.78 is 32.7. The van der Waals surface area contributed by atoms with E-state index in [4.69, 9.17) is 16.3 Å². The van der Waals surface area contributed by atoms with Crippen LogP contribution in [-0.4, -0.2) is 69.8 Å². The Morgan fingerprint density at radius 2 is 2.21 bits per heavy atom. The molecular weight excluding hydrogens is 489 g/mol. The molecular formula is C22H27ClFN3O4S2. The number of carbonyl (C=O) groups excluding carboxylic acids is 2. The topological polar surface area (TPSA) is 79.0 Å². The van der Waals surface area contributed by atoms with E-state index in [-0.39, 0.29) is 18.0 Å². The molecule has 3 rings (SSSR count). The molecule has 0 aromatic heterocycles. The Kier molecular flexibility index (Phi) is 9.22. The first-order valence-electron chi connectivity index (χ1n) is 10.6. The van der Waals surface area contributed by atoms with E-state index in [1.165, 1.54) is 11.0 Å². The van der Waals surface area contributed by atoms with E-state index < -0.39 is 34.7 Å². The zero-order chi connectivity index (χ0) is 24.0. The first-order chi connectivity index (χ1) is 15.8. The summed E-state index contributed by atoms with van der Waals surface area (Å²) in [5, 5.41) is 2.68. The first-order valence-corrected chi connectivity index (χ1v) is 13.3. The van der Waals surface area contributed by atoms with Crippen LogP contribution < -0.4 is 5.32 Å². The molecule has 0 saturated carbocycles. The number of carbonyl (C=O) groups is 2. The summed E-state index contributed by atoms with van der Waals surface area (Å²) in [6.45, 7) is 6.90. The van der Waals surface area contributed by atoms with Crippen LogP contribution in [0.3, 0.4) is 0 Å². The van der Waals surface area contributed by atoms with Gasteiger partial charge in [-0.2, -0.15) is 0 Å². The molecule has 2 saturated heterocycles. The Bertz CT molecular complexity index is 963. The fraction of sp³-hybridized carbons (Fsp3) is 0.455. The highest BCUT2D eigenvalue weighted by molar-refractivity contribution is 8.08. The summed E-state index contributed by atoms with van der Waals surface area (Å²) in [4.78, 5) is 28.1. The molecule has 0 aromatic rings.